The fraction of sp³-hybridized carbons (Fsp3) is 0.300. The molecule has 1 aliphatic heterocycles. The number of amides is 1. The zero-order chi connectivity index (χ0) is 21.8. The van der Waals surface area contributed by atoms with Gasteiger partial charge in [0.15, 0.2) is 0 Å². The third kappa shape index (κ3) is 4.42. The van der Waals surface area contributed by atoms with Gasteiger partial charge in [0.1, 0.15) is 5.75 Å². The second-order valence-electron chi connectivity index (χ2n) is 7.09. The highest BCUT2D eigenvalue weighted by Gasteiger charge is 2.27. The third-order valence-corrected chi connectivity index (χ3v) is 7.02. The number of hydrogen-bond donors (Lipinski definition) is 2. The normalized spacial score (nSPS) is 14.9. The number of rotatable bonds is 6. The first-order valence-corrected chi connectivity index (χ1v) is 11.3. The quantitative estimate of drug-likeness (QED) is 0.599. The average molecular weight is 443 g/mol. The molecule has 0 radical (unpaired) electrons. The Balaban J connectivity index is 1.57. The number of anilines is 1. The van der Waals surface area contributed by atoms with Gasteiger partial charge in [-0.2, -0.15) is 9.52 Å². The summed E-state index contributed by atoms with van der Waals surface area (Å²) in [6, 6.07) is 11.1. The average Bonchev–Trinajstić information content (AvgIpc) is 3.35. The van der Waals surface area contributed by atoms with Crippen LogP contribution in [0.3, 0.4) is 0 Å². The first-order valence-electron chi connectivity index (χ1n) is 9.82. The van der Waals surface area contributed by atoms with Crippen molar-refractivity contribution in [2.75, 3.05) is 25.5 Å². The summed E-state index contributed by atoms with van der Waals surface area (Å²) in [6.07, 6.45) is 2.72. The summed E-state index contributed by atoms with van der Waals surface area (Å²) in [7, 11) is -2.18. The molecular weight excluding hydrogens is 420 g/mol. The molecule has 0 atom stereocenters. The summed E-state index contributed by atoms with van der Waals surface area (Å²) < 4.78 is 32.8. The Bertz CT molecular complexity index is 1160. The summed E-state index contributed by atoms with van der Waals surface area (Å²) in [5.41, 5.74) is 1.38. The number of piperidine rings is 1. The van der Waals surface area contributed by atoms with E-state index in [0.717, 1.165) is 19.3 Å². The maximum Gasteiger partial charge on any atom is 0.255 e. The topological polar surface area (TPSA) is 130 Å². The molecule has 1 aromatic heterocycles. The van der Waals surface area contributed by atoms with E-state index in [1.165, 1.54) is 23.5 Å². The minimum absolute atomic E-state index is 0.123. The third-order valence-electron chi connectivity index (χ3n) is 5.12. The van der Waals surface area contributed by atoms with Crippen LogP contribution in [0.25, 0.3) is 11.4 Å². The van der Waals surface area contributed by atoms with Gasteiger partial charge >= 0.3 is 0 Å². The number of tetrazole rings is 1. The van der Waals surface area contributed by atoms with E-state index >= 15 is 0 Å². The van der Waals surface area contributed by atoms with E-state index in [4.69, 9.17) is 4.74 Å². The lowest BCUT2D eigenvalue weighted by molar-refractivity contribution is 0.102. The number of carbonyl (C=O) groups excluding carboxylic acids is 1. The summed E-state index contributed by atoms with van der Waals surface area (Å²) in [5, 5.41) is 16.4. The monoisotopic (exact) mass is 442 g/mol. The van der Waals surface area contributed by atoms with Gasteiger partial charge in [0.05, 0.1) is 17.7 Å². The number of aromatic amines is 1. The maximum atomic E-state index is 13.0. The molecule has 0 unspecified atom stereocenters. The number of nitrogens with one attached hydrogen (secondary N) is 2. The highest BCUT2D eigenvalue weighted by Crippen LogP contribution is 2.30. The number of H-pyrrole nitrogens is 1. The van der Waals surface area contributed by atoms with Crippen molar-refractivity contribution in [1.29, 1.82) is 0 Å². The molecule has 2 heterocycles. The molecule has 1 saturated heterocycles. The number of aromatic nitrogens is 4. The summed E-state index contributed by atoms with van der Waals surface area (Å²) in [4.78, 5) is 12.9. The number of ether oxygens (including phenoxy) is 1. The van der Waals surface area contributed by atoms with Crippen LogP contribution in [-0.4, -0.2) is 59.5 Å². The largest absolute Gasteiger partial charge is 0.495 e. The van der Waals surface area contributed by atoms with Crippen LogP contribution >= 0.6 is 0 Å². The molecule has 2 N–H and O–H groups in total. The van der Waals surface area contributed by atoms with Crippen molar-refractivity contribution in [1.82, 2.24) is 24.9 Å². The van der Waals surface area contributed by atoms with Gasteiger partial charge in [-0.25, -0.2) is 8.42 Å². The molecular formula is C20H22N6O4S. The van der Waals surface area contributed by atoms with Crippen molar-refractivity contribution >= 4 is 21.6 Å². The van der Waals surface area contributed by atoms with E-state index in [-0.39, 0.29) is 10.6 Å². The second-order valence-corrected chi connectivity index (χ2v) is 9.03. The van der Waals surface area contributed by atoms with Crippen molar-refractivity contribution in [3.05, 3.63) is 48.0 Å². The first-order chi connectivity index (χ1) is 15.0. The molecule has 1 fully saturated rings. The van der Waals surface area contributed by atoms with E-state index < -0.39 is 15.9 Å². The van der Waals surface area contributed by atoms with Crippen molar-refractivity contribution in [3.8, 4) is 17.1 Å². The van der Waals surface area contributed by atoms with E-state index in [1.807, 2.05) is 0 Å². The molecule has 4 rings (SSSR count). The Kier molecular flexibility index (Phi) is 5.96. The molecule has 0 spiro atoms. The highest BCUT2D eigenvalue weighted by atomic mass is 32.2. The Hall–Kier alpha value is -3.31. The van der Waals surface area contributed by atoms with Crippen molar-refractivity contribution in [2.24, 2.45) is 0 Å². The van der Waals surface area contributed by atoms with Crippen LogP contribution in [0.1, 0.15) is 29.6 Å². The van der Waals surface area contributed by atoms with Crippen LogP contribution in [0.5, 0.6) is 5.75 Å². The second kappa shape index (κ2) is 8.82. The molecule has 1 amide bonds. The van der Waals surface area contributed by atoms with Gasteiger partial charge < -0.3 is 10.1 Å². The lowest BCUT2D eigenvalue weighted by Crippen LogP contribution is -2.35. The Morgan fingerprint density at radius 1 is 1.10 bits per heavy atom. The van der Waals surface area contributed by atoms with Gasteiger partial charge in [-0.15, -0.1) is 10.2 Å². The molecule has 0 aliphatic carbocycles. The maximum absolute atomic E-state index is 13.0. The Labute approximate surface area is 179 Å². The molecule has 3 aromatic rings. The lowest BCUT2D eigenvalue weighted by atomic mass is 10.1. The van der Waals surface area contributed by atoms with Crippen LogP contribution in [-0.2, 0) is 10.0 Å². The van der Waals surface area contributed by atoms with E-state index in [9.17, 15) is 13.2 Å². The van der Waals surface area contributed by atoms with Crippen molar-refractivity contribution in [3.63, 3.8) is 0 Å². The predicted molar refractivity (Wildman–Crippen MR) is 113 cm³/mol. The molecule has 2 aromatic carbocycles. The lowest BCUT2D eigenvalue weighted by Gasteiger charge is -2.26. The highest BCUT2D eigenvalue weighted by molar-refractivity contribution is 7.89. The summed E-state index contributed by atoms with van der Waals surface area (Å²) >= 11 is 0. The number of methoxy groups -OCH3 is 1. The SMILES string of the molecule is COc1ccc(S(=O)(=O)N2CCCCC2)cc1NC(=O)c1ccc(-c2nn[nH]n2)cc1. The number of carbonyl (C=O) groups is 1. The van der Waals surface area contributed by atoms with E-state index in [1.54, 1.807) is 30.3 Å². The molecule has 31 heavy (non-hydrogen) atoms. The summed E-state index contributed by atoms with van der Waals surface area (Å²) in [5.74, 6) is 0.393. The van der Waals surface area contributed by atoms with Crippen LogP contribution in [0.4, 0.5) is 5.69 Å². The zero-order valence-corrected chi connectivity index (χ0v) is 17.7. The Morgan fingerprint density at radius 3 is 2.48 bits per heavy atom. The predicted octanol–water partition coefficient (Wildman–Crippen LogP) is 2.30. The van der Waals surface area contributed by atoms with Gasteiger partial charge in [0.25, 0.3) is 5.91 Å². The van der Waals surface area contributed by atoms with Crippen LogP contribution < -0.4 is 10.1 Å². The molecule has 10 nitrogen and oxygen atoms in total. The van der Waals surface area contributed by atoms with Gasteiger partial charge in [0.2, 0.25) is 15.8 Å². The first kappa shape index (κ1) is 20.9. The van der Waals surface area contributed by atoms with Gasteiger partial charge in [0, 0.05) is 24.2 Å². The minimum atomic E-state index is -3.64. The fourth-order valence-electron chi connectivity index (χ4n) is 3.45. The zero-order valence-electron chi connectivity index (χ0n) is 16.9. The van der Waals surface area contributed by atoms with Crippen LogP contribution in [0, 0.1) is 0 Å². The summed E-state index contributed by atoms with van der Waals surface area (Å²) in [6.45, 7) is 1.01. The smallest absolute Gasteiger partial charge is 0.255 e. The molecule has 0 saturated carbocycles. The van der Waals surface area contributed by atoms with Crippen LogP contribution in [0.15, 0.2) is 47.4 Å². The van der Waals surface area contributed by atoms with Crippen molar-refractivity contribution in [2.45, 2.75) is 24.2 Å². The number of nitrogens with zero attached hydrogens (tertiary/aromatic N) is 4. The standard InChI is InChI=1S/C20H22N6O4S/c1-30-18-10-9-16(31(28,29)26-11-3-2-4-12-26)13-17(18)21-20(27)15-7-5-14(6-8-15)19-22-24-25-23-19/h5-10,13H,2-4,11-12H2,1H3,(H,21,27)(H,22,23,24,25). The van der Waals surface area contributed by atoms with E-state index in [2.05, 4.69) is 25.9 Å². The van der Waals surface area contributed by atoms with Gasteiger partial charge in [-0.1, -0.05) is 18.6 Å². The molecule has 1 aliphatic rings. The number of sulfonamides is 1. The molecule has 162 valence electrons. The minimum Gasteiger partial charge on any atom is -0.495 e. The Morgan fingerprint density at radius 2 is 1.84 bits per heavy atom. The van der Waals surface area contributed by atoms with E-state index in [0.29, 0.717) is 35.8 Å². The number of benzene rings is 2. The fourth-order valence-corrected chi connectivity index (χ4v) is 4.99. The molecule has 11 heteroatoms. The van der Waals surface area contributed by atoms with Gasteiger partial charge in [-0.3, -0.25) is 4.79 Å². The van der Waals surface area contributed by atoms with Crippen molar-refractivity contribution < 1.29 is 17.9 Å². The molecule has 0 bridgehead atoms. The van der Waals surface area contributed by atoms with Crippen LogP contribution in [0.2, 0.25) is 0 Å². The van der Waals surface area contributed by atoms with Gasteiger partial charge in [-0.05, 0) is 48.4 Å². The number of hydrogen-bond acceptors (Lipinski definition) is 7.